The molecule has 0 heterocycles. The van der Waals surface area contributed by atoms with Gasteiger partial charge in [-0.25, -0.2) is 0 Å². The highest BCUT2D eigenvalue weighted by Crippen LogP contribution is 2.27. The minimum atomic E-state index is -1.77. The third-order valence-corrected chi connectivity index (χ3v) is 3.22. The number of hydrogen-bond donors (Lipinski definition) is 3. The van der Waals surface area contributed by atoms with Crippen molar-refractivity contribution < 1.29 is 19.7 Å². The topological polar surface area (TPSA) is 92.8 Å². The standard InChI is InChI=1S/C15H23NO4/c1-4-20-14(18)13(10(2)3)11-5-7-12(8-6-11)15(16,19)9-17/h5-8,10,13,17,19H,4,9,16H2,1-3H3. The van der Waals surface area contributed by atoms with E-state index < -0.39 is 12.3 Å². The number of benzene rings is 1. The predicted octanol–water partition coefficient (Wildman–Crippen LogP) is 1.09. The first-order chi connectivity index (χ1) is 9.33. The van der Waals surface area contributed by atoms with Crippen LogP contribution >= 0.6 is 0 Å². The Hall–Kier alpha value is -1.43. The van der Waals surface area contributed by atoms with Crippen molar-refractivity contribution in [3.63, 3.8) is 0 Å². The summed E-state index contributed by atoms with van der Waals surface area (Å²) in [5.74, 6) is -0.529. The van der Waals surface area contributed by atoms with Gasteiger partial charge in [0.1, 0.15) is 0 Å². The fourth-order valence-electron chi connectivity index (χ4n) is 2.10. The van der Waals surface area contributed by atoms with Gasteiger partial charge >= 0.3 is 5.97 Å². The molecular formula is C15H23NO4. The highest BCUT2D eigenvalue weighted by atomic mass is 16.5. The van der Waals surface area contributed by atoms with Gasteiger partial charge in [0.2, 0.25) is 0 Å². The number of ether oxygens (including phenoxy) is 1. The Bertz CT molecular complexity index is 440. The van der Waals surface area contributed by atoms with Gasteiger partial charge in [0.05, 0.1) is 19.1 Å². The molecule has 2 atom stereocenters. The van der Waals surface area contributed by atoms with Crippen LogP contribution in [0.25, 0.3) is 0 Å². The molecule has 0 aromatic heterocycles. The lowest BCUT2D eigenvalue weighted by Crippen LogP contribution is -2.40. The summed E-state index contributed by atoms with van der Waals surface area (Å²) in [5, 5.41) is 18.8. The molecule has 4 N–H and O–H groups in total. The zero-order valence-corrected chi connectivity index (χ0v) is 12.2. The molecule has 1 rings (SSSR count). The summed E-state index contributed by atoms with van der Waals surface area (Å²) in [6.07, 6.45) is 0. The number of hydrogen-bond acceptors (Lipinski definition) is 5. The summed E-state index contributed by atoms with van der Waals surface area (Å²) in [5.41, 5.74) is 4.98. The van der Waals surface area contributed by atoms with E-state index in [1.165, 1.54) is 0 Å². The van der Waals surface area contributed by atoms with Gasteiger partial charge in [0, 0.05) is 5.56 Å². The van der Waals surface area contributed by atoms with E-state index in [0.717, 1.165) is 5.56 Å². The number of rotatable bonds is 6. The van der Waals surface area contributed by atoms with Crippen LogP contribution < -0.4 is 5.73 Å². The SMILES string of the molecule is CCOC(=O)C(c1ccc(C(N)(O)CO)cc1)C(C)C. The lowest BCUT2D eigenvalue weighted by molar-refractivity contribution is -0.146. The van der Waals surface area contributed by atoms with E-state index in [1.807, 2.05) is 13.8 Å². The molecule has 0 saturated heterocycles. The van der Waals surface area contributed by atoms with Crippen LogP contribution in [0.4, 0.5) is 0 Å². The first-order valence-corrected chi connectivity index (χ1v) is 6.72. The average molecular weight is 281 g/mol. The molecule has 2 unspecified atom stereocenters. The Morgan fingerprint density at radius 2 is 1.90 bits per heavy atom. The van der Waals surface area contributed by atoms with Gasteiger partial charge in [-0.15, -0.1) is 0 Å². The van der Waals surface area contributed by atoms with Gasteiger partial charge in [0.25, 0.3) is 0 Å². The Labute approximate surface area is 119 Å². The molecule has 0 aliphatic heterocycles. The maximum absolute atomic E-state index is 12.0. The molecule has 5 heteroatoms. The van der Waals surface area contributed by atoms with E-state index in [4.69, 9.17) is 15.6 Å². The van der Waals surface area contributed by atoms with Gasteiger partial charge in [-0.3, -0.25) is 10.5 Å². The second-order valence-corrected chi connectivity index (χ2v) is 5.18. The van der Waals surface area contributed by atoms with Crippen LogP contribution in [-0.2, 0) is 15.3 Å². The number of aliphatic hydroxyl groups is 2. The zero-order valence-electron chi connectivity index (χ0n) is 12.2. The number of carbonyl (C=O) groups is 1. The molecular weight excluding hydrogens is 258 g/mol. The van der Waals surface area contributed by atoms with Gasteiger partial charge in [-0.05, 0) is 18.4 Å². The first kappa shape index (κ1) is 16.6. The molecule has 0 saturated carbocycles. The first-order valence-electron chi connectivity index (χ1n) is 6.72. The van der Waals surface area contributed by atoms with E-state index >= 15 is 0 Å². The lowest BCUT2D eigenvalue weighted by Gasteiger charge is -2.23. The third kappa shape index (κ3) is 3.79. The summed E-state index contributed by atoms with van der Waals surface area (Å²) < 4.78 is 5.09. The maximum Gasteiger partial charge on any atom is 0.313 e. The predicted molar refractivity (Wildman–Crippen MR) is 75.8 cm³/mol. The van der Waals surface area contributed by atoms with Crippen molar-refractivity contribution in [3.8, 4) is 0 Å². The molecule has 0 radical (unpaired) electrons. The van der Waals surface area contributed by atoms with Crippen molar-refractivity contribution in [2.24, 2.45) is 11.7 Å². The second-order valence-electron chi connectivity index (χ2n) is 5.18. The van der Waals surface area contributed by atoms with Crippen molar-refractivity contribution in [2.75, 3.05) is 13.2 Å². The fourth-order valence-corrected chi connectivity index (χ4v) is 2.10. The summed E-state index contributed by atoms with van der Waals surface area (Å²) >= 11 is 0. The van der Waals surface area contributed by atoms with Crippen LogP contribution in [0.5, 0.6) is 0 Å². The molecule has 0 fully saturated rings. The van der Waals surface area contributed by atoms with Crippen LogP contribution in [0.1, 0.15) is 37.8 Å². The van der Waals surface area contributed by atoms with E-state index in [9.17, 15) is 9.90 Å². The highest BCUT2D eigenvalue weighted by Gasteiger charge is 2.27. The Kier molecular flexibility index (Phi) is 5.68. The summed E-state index contributed by atoms with van der Waals surface area (Å²) in [6, 6.07) is 6.68. The van der Waals surface area contributed by atoms with Crippen molar-refractivity contribution in [1.29, 1.82) is 0 Å². The summed E-state index contributed by atoms with van der Waals surface area (Å²) in [7, 11) is 0. The molecule has 20 heavy (non-hydrogen) atoms. The lowest BCUT2D eigenvalue weighted by atomic mass is 9.87. The maximum atomic E-state index is 12.0. The van der Waals surface area contributed by atoms with Gasteiger partial charge < -0.3 is 14.9 Å². The number of nitrogens with two attached hydrogens (primary N) is 1. The normalized spacial score (nSPS) is 15.8. The van der Waals surface area contributed by atoms with Crippen molar-refractivity contribution in [3.05, 3.63) is 35.4 Å². The second kappa shape index (κ2) is 6.83. The summed E-state index contributed by atoms with van der Waals surface area (Å²) in [4.78, 5) is 12.0. The van der Waals surface area contributed by atoms with E-state index in [1.54, 1.807) is 31.2 Å². The van der Waals surface area contributed by atoms with E-state index in [0.29, 0.717) is 12.2 Å². The number of aliphatic hydroxyl groups excluding tert-OH is 1. The monoisotopic (exact) mass is 281 g/mol. The average Bonchev–Trinajstić information content (AvgIpc) is 2.39. The Morgan fingerprint density at radius 1 is 1.35 bits per heavy atom. The molecule has 0 amide bonds. The summed E-state index contributed by atoms with van der Waals surface area (Å²) in [6.45, 7) is 5.43. The Balaban J connectivity index is 3.03. The van der Waals surface area contributed by atoms with Crippen LogP contribution in [0.15, 0.2) is 24.3 Å². The van der Waals surface area contributed by atoms with Gasteiger partial charge in [0.15, 0.2) is 5.72 Å². The highest BCUT2D eigenvalue weighted by molar-refractivity contribution is 5.78. The van der Waals surface area contributed by atoms with Crippen molar-refractivity contribution >= 4 is 5.97 Å². The minimum Gasteiger partial charge on any atom is -0.466 e. The molecule has 1 aromatic carbocycles. The minimum absolute atomic E-state index is 0.0921. The third-order valence-electron chi connectivity index (χ3n) is 3.22. The molecule has 5 nitrogen and oxygen atoms in total. The van der Waals surface area contributed by atoms with Crippen molar-refractivity contribution in [2.45, 2.75) is 32.4 Å². The van der Waals surface area contributed by atoms with Gasteiger partial charge in [-0.1, -0.05) is 38.1 Å². The molecule has 0 spiro atoms. The fraction of sp³-hybridized carbons (Fsp3) is 0.533. The van der Waals surface area contributed by atoms with Crippen LogP contribution in [-0.4, -0.2) is 29.4 Å². The molecule has 1 aromatic rings. The molecule has 0 aliphatic carbocycles. The number of carbonyl (C=O) groups excluding carboxylic acids is 1. The van der Waals surface area contributed by atoms with E-state index in [2.05, 4.69) is 0 Å². The van der Waals surface area contributed by atoms with Crippen LogP contribution in [0, 0.1) is 5.92 Å². The Morgan fingerprint density at radius 3 is 2.30 bits per heavy atom. The quantitative estimate of drug-likeness (QED) is 0.536. The van der Waals surface area contributed by atoms with Gasteiger partial charge in [-0.2, -0.15) is 0 Å². The van der Waals surface area contributed by atoms with Crippen LogP contribution in [0.3, 0.4) is 0 Å². The molecule has 0 aliphatic rings. The van der Waals surface area contributed by atoms with E-state index in [-0.39, 0.29) is 17.8 Å². The van der Waals surface area contributed by atoms with Crippen LogP contribution in [0.2, 0.25) is 0 Å². The smallest absolute Gasteiger partial charge is 0.313 e. The zero-order chi connectivity index (χ0) is 15.3. The molecule has 0 bridgehead atoms. The molecule has 112 valence electrons. The number of esters is 1. The van der Waals surface area contributed by atoms with Crippen molar-refractivity contribution in [1.82, 2.24) is 0 Å². The largest absolute Gasteiger partial charge is 0.466 e.